The molecule has 0 spiro atoms. The molecular weight excluding hydrogens is 505 g/mol. The second-order valence-corrected chi connectivity index (χ2v) is 10.6. The van der Waals surface area contributed by atoms with Crippen molar-refractivity contribution in [1.82, 2.24) is 30.4 Å². The normalized spacial score (nSPS) is 20.4. The van der Waals surface area contributed by atoms with Crippen LogP contribution in [0.15, 0.2) is 30.3 Å². The Hall–Kier alpha value is -3.80. The molecule has 2 aliphatic heterocycles. The molecule has 4 amide bonds. The molecule has 1 aromatic carbocycles. The van der Waals surface area contributed by atoms with Gasteiger partial charge in [0.25, 0.3) is 11.8 Å². The largest absolute Gasteiger partial charge is 0.346 e. The molecule has 0 bridgehead atoms. The number of carbonyl (C=O) groups is 4. The highest BCUT2D eigenvalue weighted by molar-refractivity contribution is 5.97. The molecule has 3 atom stereocenters. The Morgan fingerprint density at radius 1 is 1.18 bits per heavy atom. The molecule has 5 rings (SSSR count). The lowest BCUT2D eigenvalue weighted by molar-refractivity contribution is -0.148. The zero-order chi connectivity index (χ0) is 27.7. The van der Waals surface area contributed by atoms with E-state index >= 15 is 0 Å². The number of anilines is 1. The van der Waals surface area contributed by atoms with Gasteiger partial charge in [0.05, 0.1) is 6.04 Å². The summed E-state index contributed by atoms with van der Waals surface area (Å²) in [5.74, 6) is -1.67. The lowest BCUT2D eigenvalue weighted by Crippen LogP contribution is -2.47. The van der Waals surface area contributed by atoms with Crippen molar-refractivity contribution >= 4 is 29.4 Å². The van der Waals surface area contributed by atoms with E-state index < -0.39 is 36.5 Å². The van der Waals surface area contributed by atoms with E-state index in [2.05, 4.69) is 21.0 Å². The van der Waals surface area contributed by atoms with Gasteiger partial charge in [-0.1, -0.05) is 24.3 Å². The Morgan fingerprint density at radius 3 is 2.69 bits per heavy atom. The van der Waals surface area contributed by atoms with E-state index in [1.165, 1.54) is 17.7 Å². The van der Waals surface area contributed by atoms with Gasteiger partial charge in [-0.2, -0.15) is 5.10 Å². The van der Waals surface area contributed by atoms with Crippen molar-refractivity contribution < 1.29 is 23.6 Å². The SMILES string of the molecule is C[C@@H](CF)NC(=O)c1cc(NC(=O)C[C@H](C(=O)N[C@@H]2C(=O)N3CCCN3Cc3ccccc32)C2CC2)n(C)n1. The number of amides is 4. The predicted octanol–water partition coefficient (Wildman–Crippen LogP) is 1.68. The maximum absolute atomic E-state index is 13.6. The van der Waals surface area contributed by atoms with E-state index in [1.807, 2.05) is 29.3 Å². The van der Waals surface area contributed by atoms with Gasteiger partial charge < -0.3 is 16.0 Å². The minimum atomic E-state index is -0.814. The van der Waals surface area contributed by atoms with E-state index in [1.54, 1.807) is 12.1 Å². The zero-order valence-electron chi connectivity index (χ0n) is 22.2. The topological polar surface area (TPSA) is 129 Å². The number of carbonyl (C=O) groups excluding carboxylic acids is 4. The number of hydrogen-bond donors (Lipinski definition) is 3. The van der Waals surface area contributed by atoms with Gasteiger partial charge in [0.15, 0.2) is 5.69 Å². The summed E-state index contributed by atoms with van der Waals surface area (Å²) < 4.78 is 14.1. The van der Waals surface area contributed by atoms with Crippen LogP contribution < -0.4 is 16.0 Å². The molecule has 0 radical (unpaired) electrons. The molecule has 3 heterocycles. The number of aryl methyl sites for hydroxylation is 1. The highest BCUT2D eigenvalue weighted by atomic mass is 19.1. The second-order valence-electron chi connectivity index (χ2n) is 10.6. The number of alkyl halides is 1. The first-order valence-electron chi connectivity index (χ1n) is 13.4. The maximum atomic E-state index is 13.6. The van der Waals surface area contributed by atoms with Crippen LogP contribution in [0, 0.1) is 11.8 Å². The summed E-state index contributed by atoms with van der Waals surface area (Å²) in [5.41, 5.74) is 1.83. The van der Waals surface area contributed by atoms with Crippen LogP contribution in [0.1, 0.15) is 60.3 Å². The summed E-state index contributed by atoms with van der Waals surface area (Å²) in [6, 6.07) is 7.60. The molecule has 11 nitrogen and oxygen atoms in total. The number of halogens is 1. The first kappa shape index (κ1) is 26.8. The number of nitrogens with one attached hydrogen (secondary N) is 3. The molecule has 3 aliphatic rings. The van der Waals surface area contributed by atoms with Crippen LogP contribution in [0.4, 0.5) is 10.2 Å². The van der Waals surface area contributed by atoms with Crippen molar-refractivity contribution in [2.75, 3.05) is 25.1 Å². The number of hydrazine groups is 1. The second kappa shape index (κ2) is 11.1. The Labute approximate surface area is 226 Å². The van der Waals surface area contributed by atoms with Crippen molar-refractivity contribution in [3.63, 3.8) is 0 Å². The Bertz CT molecular complexity index is 1280. The van der Waals surface area contributed by atoms with Gasteiger partial charge in [0.2, 0.25) is 11.8 Å². The third kappa shape index (κ3) is 5.80. The molecule has 2 fully saturated rings. The van der Waals surface area contributed by atoms with Crippen LogP contribution in [0.5, 0.6) is 0 Å². The fourth-order valence-corrected chi connectivity index (χ4v) is 5.30. The zero-order valence-corrected chi connectivity index (χ0v) is 22.2. The van der Waals surface area contributed by atoms with Crippen LogP contribution in [-0.4, -0.2) is 69.2 Å². The smallest absolute Gasteiger partial charge is 0.272 e. The molecule has 2 aromatic rings. The summed E-state index contributed by atoms with van der Waals surface area (Å²) in [4.78, 5) is 52.3. The van der Waals surface area contributed by atoms with Gasteiger partial charge in [-0.3, -0.25) is 28.9 Å². The number of rotatable bonds is 9. The van der Waals surface area contributed by atoms with Gasteiger partial charge in [-0.15, -0.1) is 0 Å². The number of fused-ring (bicyclic) bond motifs is 2. The first-order chi connectivity index (χ1) is 18.7. The lowest BCUT2D eigenvalue weighted by Gasteiger charge is -2.28. The molecule has 3 N–H and O–H groups in total. The van der Waals surface area contributed by atoms with Crippen molar-refractivity contribution in [2.24, 2.45) is 18.9 Å². The lowest BCUT2D eigenvalue weighted by atomic mass is 9.95. The van der Waals surface area contributed by atoms with E-state index in [-0.39, 0.29) is 35.7 Å². The van der Waals surface area contributed by atoms with Crippen molar-refractivity contribution in [1.29, 1.82) is 0 Å². The number of nitrogens with zero attached hydrogens (tertiary/aromatic N) is 4. The monoisotopic (exact) mass is 539 g/mol. The van der Waals surface area contributed by atoms with Crippen molar-refractivity contribution in [3.05, 3.63) is 47.2 Å². The average Bonchev–Trinajstić information content (AvgIpc) is 3.57. The molecule has 1 aromatic heterocycles. The summed E-state index contributed by atoms with van der Waals surface area (Å²) >= 11 is 0. The van der Waals surface area contributed by atoms with Crippen LogP contribution >= 0.6 is 0 Å². The highest BCUT2D eigenvalue weighted by Crippen LogP contribution is 2.39. The quantitative estimate of drug-likeness (QED) is 0.445. The van der Waals surface area contributed by atoms with E-state index in [0.717, 1.165) is 36.9 Å². The van der Waals surface area contributed by atoms with Crippen LogP contribution in [0.2, 0.25) is 0 Å². The summed E-state index contributed by atoms with van der Waals surface area (Å²) in [5, 5.41) is 16.1. The Kier molecular flexibility index (Phi) is 7.65. The molecule has 208 valence electrons. The van der Waals surface area contributed by atoms with E-state index in [4.69, 9.17) is 0 Å². The average molecular weight is 540 g/mol. The molecule has 39 heavy (non-hydrogen) atoms. The van der Waals surface area contributed by atoms with E-state index in [0.29, 0.717) is 13.1 Å². The fourth-order valence-electron chi connectivity index (χ4n) is 5.30. The molecule has 0 unspecified atom stereocenters. The fraction of sp³-hybridized carbons (Fsp3) is 0.519. The van der Waals surface area contributed by atoms with Gasteiger partial charge in [-0.05, 0) is 43.2 Å². The summed E-state index contributed by atoms with van der Waals surface area (Å²) in [6.07, 6.45) is 2.48. The maximum Gasteiger partial charge on any atom is 0.272 e. The minimum Gasteiger partial charge on any atom is -0.346 e. The Morgan fingerprint density at radius 2 is 1.95 bits per heavy atom. The third-order valence-corrected chi connectivity index (χ3v) is 7.56. The Balaban J connectivity index is 1.27. The van der Waals surface area contributed by atoms with Gasteiger partial charge in [-0.25, -0.2) is 9.40 Å². The molecule has 1 saturated heterocycles. The number of benzene rings is 1. The summed E-state index contributed by atoms with van der Waals surface area (Å²) in [7, 11) is 1.58. The van der Waals surface area contributed by atoms with Crippen molar-refractivity contribution in [3.8, 4) is 0 Å². The van der Waals surface area contributed by atoms with Crippen LogP contribution in [0.25, 0.3) is 0 Å². The summed E-state index contributed by atoms with van der Waals surface area (Å²) in [6.45, 7) is 2.85. The van der Waals surface area contributed by atoms with Gasteiger partial charge >= 0.3 is 0 Å². The van der Waals surface area contributed by atoms with E-state index in [9.17, 15) is 23.6 Å². The minimum absolute atomic E-state index is 0.0473. The molecule has 1 saturated carbocycles. The van der Waals surface area contributed by atoms with Crippen LogP contribution in [-0.2, 0) is 28.0 Å². The number of hydrogen-bond acceptors (Lipinski definition) is 6. The van der Waals surface area contributed by atoms with Crippen LogP contribution in [0.3, 0.4) is 0 Å². The number of aromatic nitrogens is 2. The first-order valence-corrected chi connectivity index (χ1v) is 13.4. The van der Waals surface area contributed by atoms with Gasteiger partial charge in [0.1, 0.15) is 18.5 Å². The van der Waals surface area contributed by atoms with Gasteiger partial charge in [0, 0.05) is 45.1 Å². The standard InChI is InChI=1S/C27H34FN7O4/c1-16(14-28)29-26(38)21-13-22(33(2)32-21)30-23(36)12-20(17-8-9-17)25(37)31-24-19-7-4-3-6-18(19)15-34-10-5-11-35(34)27(24)39/h3-4,6-7,13,16-17,20,24H,5,8-12,14-15H2,1-2H3,(H,29,38)(H,30,36)(H,31,37)/t16-,20-,24-/m0/s1. The molecule has 1 aliphatic carbocycles. The molecular formula is C27H34FN7O4. The van der Waals surface area contributed by atoms with Crippen molar-refractivity contribution in [2.45, 2.75) is 51.2 Å². The molecule has 12 heteroatoms. The predicted molar refractivity (Wildman–Crippen MR) is 140 cm³/mol. The highest BCUT2D eigenvalue weighted by Gasteiger charge is 2.42. The third-order valence-electron chi connectivity index (χ3n) is 7.56.